The summed E-state index contributed by atoms with van der Waals surface area (Å²) in [5.74, 6) is 7.12. The molecule has 2 aromatic heterocycles. The van der Waals surface area contributed by atoms with Crippen LogP contribution in [0, 0.1) is 18.8 Å². The Morgan fingerprint density at radius 2 is 2.00 bits per heavy atom. The molecule has 4 nitrogen and oxygen atoms in total. The third-order valence-electron chi connectivity index (χ3n) is 3.89. The van der Waals surface area contributed by atoms with Crippen molar-refractivity contribution in [3.05, 3.63) is 59.6 Å². The van der Waals surface area contributed by atoms with Gasteiger partial charge in [-0.15, -0.1) is 0 Å². The minimum atomic E-state index is 0.741. The lowest BCUT2D eigenvalue weighted by atomic mass is 10.0. The second-order valence-electron chi connectivity index (χ2n) is 5.64. The van der Waals surface area contributed by atoms with Crippen molar-refractivity contribution < 1.29 is 0 Å². The number of hydrogen-bond acceptors (Lipinski definition) is 4. The monoisotopic (exact) mass is 304 g/mol. The Hall–Kier alpha value is -2.80. The fraction of sp³-hybridized carbons (Fsp3) is 0.263. The van der Waals surface area contributed by atoms with E-state index in [4.69, 9.17) is 5.73 Å². The zero-order valence-corrected chi connectivity index (χ0v) is 13.3. The van der Waals surface area contributed by atoms with Crippen LogP contribution in [-0.2, 0) is 0 Å². The summed E-state index contributed by atoms with van der Waals surface area (Å²) in [7, 11) is 0. The fourth-order valence-electron chi connectivity index (χ4n) is 2.65. The summed E-state index contributed by atoms with van der Waals surface area (Å²) in [6, 6.07) is 9.65. The van der Waals surface area contributed by atoms with Gasteiger partial charge in [0.2, 0.25) is 0 Å². The van der Waals surface area contributed by atoms with Crippen LogP contribution in [0.3, 0.4) is 0 Å². The molecule has 116 valence electrons. The molecule has 4 heteroatoms. The molecule has 1 saturated heterocycles. The van der Waals surface area contributed by atoms with Crippen LogP contribution in [0.4, 0.5) is 11.5 Å². The van der Waals surface area contributed by atoms with Crippen LogP contribution in [0.25, 0.3) is 0 Å². The molecule has 0 aliphatic carbocycles. The lowest BCUT2D eigenvalue weighted by Crippen LogP contribution is -2.31. The van der Waals surface area contributed by atoms with Crippen molar-refractivity contribution in [1.29, 1.82) is 0 Å². The predicted molar refractivity (Wildman–Crippen MR) is 94.0 cm³/mol. The fourth-order valence-corrected chi connectivity index (χ4v) is 2.65. The number of nitrogens with zero attached hydrogens (tertiary/aromatic N) is 3. The molecule has 0 radical (unpaired) electrons. The molecule has 0 spiro atoms. The summed E-state index contributed by atoms with van der Waals surface area (Å²) >= 11 is 0. The van der Waals surface area contributed by atoms with Gasteiger partial charge in [-0.1, -0.05) is 17.6 Å². The van der Waals surface area contributed by atoms with E-state index >= 15 is 0 Å². The third kappa shape index (κ3) is 3.89. The number of anilines is 2. The van der Waals surface area contributed by atoms with Gasteiger partial charge in [-0.3, -0.25) is 0 Å². The highest BCUT2D eigenvalue weighted by Gasteiger charge is 2.16. The van der Waals surface area contributed by atoms with Gasteiger partial charge in [0.1, 0.15) is 5.69 Å². The van der Waals surface area contributed by atoms with Gasteiger partial charge in [-0.2, -0.15) is 0 Å². The molecule has 0 bridgehead atoms. The van der Waals surface area contributed by atoms with E-state index in [1.165, 1.54) is 5.57 Å². The molecule has 0 aromatic carbocycles. The molecular weight excluding hydrogens is 284 g/mol. The number of allylic oxidation sites excluding steroid dienone is 1. The Morgan fingerprint density at radius 1 is 1.17 bits per heavy atom. The number of aryl methyl sites for hydroxylation is 1. The molecule has 0 atom stereocenters. The number of aromatic nitrogens is 2. The Labute approximate surface area is 137 Å². The normalized spacial score (nSPS) is 14.1. The van der Waals surface area contributed by atoms with E-state index in [1.807, 2.05) is 43.3 Å². The maximum Gasteiger partial charge on any atom is 0.151 e. The molecule has 3 rings (SSSR count). The maximum absolute atomic E-state index is 5.99. The zero-order chi connectivity index (χ0) is 16.1. The average molecular weight is 304 g/mol. The van der Waals surface area contributed by atoms with E-state index < -0.39 is 0 Å². The van der Waals surface area contributed by atoms with Gasteiger partial charge < -0.3 is 10.6 Å². The summed E-state index contributed by atoms with van der Waals surface area (Å²) in [6.45, 7) is 3.83. The highest BCUT2D eigenvalue weighted by molar-refractivity contribution is 5.62. The molecule has 2 N–H and O–H groups in total. The number of rotatable bonds is 1. The van der Waals surface area contributed by atoms with Crippen LogP contribution < -0.4 is 10.6 Å². The van der Waals surface area contributed by atoms with Crippen LogP contribution in [0.5, 0.6) is 0 Å². The molecule has 23 heavy (non-hydrogen) atoms. The van der Waals surface area contributed by atoms with Gasteiger partial charge in [0.05, 0.1) is 5.69 Å². The Morgan fingerprint density at radius 3 is 2.74 bits per heavy atom. The molecule has 1 aliphatic heterocycles. The van der Waals surface area contributed by atoms with Crippen LogP contribution >= 0.6 is 0 Å². The maximum atomic E-state index is 5.99. The van der Waals surface area contributed by atoms with Crippen LogP contribution in [0.1, 0.15) is 24.2 Å². The highest BCUT2D eigenvalue weighted by Crippen LogP contribution is 2.25. The molecule has 0 saturated carbocycles. The van der Waals surface area contributed by atoms with Crippen molar-refractivity contribution in [2.45, 2.75) is 19.8 Å². The standard InChI is InChI=1S/C19H20N4/c1-15-5-2-7-17(22-15)8-3-6-16-10-13-23(14-11-16)19-18(20)9-4-12-21-19/h2,4-7,9,12H,10-11,13-14,20H2,1H3. The molecule has 2 aromatic rings. The predicted octanol–water partition coefficient (Wildman–Crippen LogP) is 2.95. The van der Waals surface area contributed by atoms with Gasteiger partial charge in [0, 0.05) is 25.0 Å². The Balaban J connectivity index is 1.62. The number of nitrogen functional groups attached to an aromatic ring is 1. The van der Waals surface area contributed by atoms with E-state index in [0.717, 1.165) is 48.8 Å². The number of nitrogens with two attached hydrogens (primary N) is 1. The van der Waals surface area contributed by atoms with E-state index in [9.17, 15) is 0 Å². The largest absolute Gasteiger partial charge is 0.396 e. The number of hydrogen-bond donors (Lipinski definition) is 1. The third-order valence-corrected chi connectivity index (χ3v) is 3.89. The molecule has 3 heterocycles. The smallest absolute Gasteiger partial charge is 0.151 e. The first-order valence-electron chi connectivity index (χ1n) is 7.81. The zero-order valence-electron chi connectivity index (χ0n) is 13.3. The minimum absolute atomic E-state index is 0.741. The first-order chi connectivity index (χ1) is 11.2. The summed E-state index contributed by atoms with van der Waals surface area (Å²) in [5.41, 5.74) is 9.92. The van der Waals surface area contributed by atoms with E-state index in [2.05, 4.69) is 26.7 Å². The van der Waals surface area contributed by atoms with Crippen molar-refractivity contribution in [2.24, 2.45) is 0 Å². The lowest BCUT2D eigenvalue weighted by molar-refractivity contribution is 0.678. The molecule has 0 amide bonds. The summed E-state index contributed by atoms with van der Waals surface area (Å²) in [4.78, 5) is 11.0. The Bertz CT molecular complexity index is 773. The van der Waals surface area contributed by atoms with Crippen molar-refractivity contribution in [2.75, 3.05) is 23.7 Å². The Kier molecular flexibility index (Phi) is 4.58. The first kappa shape index (κ1) is 15.1. The van der Waals surface area contributed by atoms with Crippen molar-refractivity contribution >= 4 is 11.5 Å². The van der Waals surface area contributed by atoms with E-state index in [-0.39, 0.29) is 0 Å². The van der Waals surface area contributed by atoms with E-state index in [1.54, 1.807) is 6.20 Å². The van der Waals surface area contributed by atoms with Crippen LogP contribution in [0.15, 0.2) is 48.2 Å². The van der Waals surface area contributed by atoms with Crippen LogP contribution in [0.2, 0.25) is 0 Å². The molecular formula is C19H20N4. The number of piperidine rings is 1. The van der Waals surface area contributed by atoms with Gasteiger partial charge >= 0.3 is 0 Å². The minimum Gasteiger partial charge on any atom is -0.396 e. The second-order valence-corrected chi connectivity index (χ2v) is 5.64. The van der Waals surface area contributed by atoms with Gasteiger partial charge in [-0.25, -0.2) is 9.97 Å². The van der Waals surface area contributed by atoms with Crippen molar-refractivity contribution in [1.82, 2.24) is 9.97 Å². The van der Waals surface area contributed by atoms with E-state index in [0.29, 0.717) is 0 Å². The van der Waals surface area contributed by atoms with Gasteiger partial charge in [-0.05, 0) is 56.0 Å². The van der Waals surface area contributed by atoms with Crippen molar-refractivity contribution in [3.63, 3.8) is 0 Å². The van der Waals surface area contributed by atoms with Crippen molar-refractivity contribution in [3.8, 4) is 11.8 Å². The van der Waals surface area contributed by atoms with Gasteiger partial charge in [0.25, 0.3) is 0 Å². The van der Waals surface area contributed by atoms with Crippen LogP contribution in [-0.4, -0.2) is 23.1 Å². The summed E-state index contributed by atoms with van der Waals surface area (Å²) in [6.07, 6.45) is 5.80. The first-order valence-corrected chi connectivity index (χ1v) is 7.81. The summed E-state index contributed by atoms with van der Waals surface area (Å²) in [5, 5.41) is 0. The molecule has 1 aliphatic rings. The molecule has 1 fully saturated rings. The topological polar surface area (TPSA) is 55.0 Å². The summed E-state index contributed by atoms with van der Waals surface area (Å²) < 4.78 is 0. The molecule has 0 unspecified atom stereocenters. The quantitative estimate of drug-likeness (QED) is 0.823. The number of pyridine rings is 2. The van der Waals surface area contributed by atoms with Gasteiger partial charge in [0.15, 0.2) is 5.82 Å². The SMILES string of the molecule is Cc1cccc(C#CC=C2CCN(c3ncccc3N)CC2)n1. The lowest BCUT2D eigenvalue weighted by Gasteiger charge is -2.29. The highest BCUT2D eigenvalue weighted by atomic mass is 15.2. The average Bonchev–Trinajstić information content (AvgIpc) is 2.56. The second kappa shape index (κ2) is 6.97.